The topological polar surface area (TPSA) is 47.4 Å². The zero-order valence-electron chi connectivity index (χ0n) is 15.1. The zero-order valence-corrected chi connectivity index (χ0v) is 15.9. The van der Waals surface area contributed by atoms with Crippen LogP contribution in [-0.4, -0.2) is 52.4 Å². The largest absolute Gasteiger partial charge is 0.376 e. The summed E-state index contributed by atoms with van der Waals surface area (Å²) in [6.07, 6.45) is 6.06. The highest BCUT2D eigenvalue weighted by molar-refractivity contribution is 7.99. The minimum absolute atomic E-state index is 0.107. The Morgan fingerprint density at radius 3 is 3.04 bits per heavy atom. The van der Waals surface area contributed by atoms with E-state index in [-0.39, 0.29) is 12.0 Å². The standard InChI is InChI=1S/C19H25N3O2S/c1-14-6-7-15(2)17(11-14)22-9-8-20-19(22)25-13-18(23)21(3)12-16-5-4-10-24-16/h6-9,11,16H,4-5,10,12-13H2,1-3H3. The van der Waals surface area contributed by atoms with Crippen molar-refractivity contribution in [2.45, 2.75) is 37.9 Å². The van der Waals surface area contributed by atoms with Crippen molar-refractivity contribution >= 4 is 17.7 Å². The van der Waals surface area contributed by atoms with Crippen molar-refractivity contribution in [2.75, 3.05) is 26.0 Å². The van der Waals surface area contributed by atoms with Gasteiger partial charge >= 0.3 is 0 Å². The number of likely N-dealkylation sites (N-methyl/N-ethyl adjacent to an activating group) is 1. The Kier molecular flexibility index (Phi) is 5.81. The molecule has 0 aliphatic carbocycles. The third-order valence-electron chi connectivity index (χ3n) is 4.48. The van der Waals surface area contributed by atoms with Crippen molar-refractivity contribution < 1.29 is 9.53 Å². The van der Waals surface area contributed by atoms with E-state index in [0.29, 0.717) is 12.3 Å². The number of aryl methyl sites for hydroxylation is 2. The molecular weight excluding hydrogens is 334 g/mol. The first-order chi connectivity index (χ1) is 12.0. The van der Waals surface area contributed by atoms with Gasteiger partial charge in [-0.2, -0.15) is 0 Å². The van der Waals surface area contributed by atoms with E-state index < -0.39 is 0 Å². The van der Waals surface area contributed by atoms with Crippen LogP contribution in [0.3, 0.4) is 0 Å². The van der Waals surface area contributed by atoms with Gasteiger partial charge in [-0.05, 0) is 43.9 Å². The lowest BCUT2D eigenvalue weighted by Gasteiger charge is -2.20. The van der Waals surface area contributed by atoms with Gasteiger partial charge in [0.05, 0.1) is 17.5 Å². The molecule has 0 radical (unpaired) electrons. The second-order valence-corrected chi connectivity index (χ2v) is 7.51. The van der Waals surface area contributed by atoms with E-state index in [2.05, 4.69) is 41.6 Å². The lowest BCUT2D eigenvalue weighted by molar-refractivity contribution is -0.128. The van der Waals surface area contributed by atoms with E-state index in [1.165, 1.54) is 22.9 Å². The molecule has 1 aliphatic heterocycles. The number of nitrogens with zero attached hydrogens (tertiary/aromatic N) is 3. The Labute approximate surface area is 153 Å². The highest BCUT2D eigenvalue weighted by Crippen LogP contribution is 2.24. The maximum absolute atomic E-state index is 12.4. The Balaban J connectivity index is 1.63. The number of thioether (sulfide) groups is 1. The third kappa shape index (κ3) is 4.44. The normalized spacial score (nSPS) is 17.0. The smallest absolute Gasteiger partial charge is 0.232 e. The van der Waals surface area contributed by atoms with Crippen molar-refractivity contribution in [3.63, 3.8) is 0 Å². The SMILES string of the molecule is Cc1ccc(C)c(-n2ccnc2SCC(=O)N(C)CC2CCCO2)c1. The highest BCUT2D eigenvalue weighted by Gasteiger charge is 2.20. The molecule has 3 rings (SSSR count). The number of aromatic nitrogens is 2. The second kappa shape index (κ2) is 8.06. The summed E-state index contributed by atoms with van der Waals surface area (Å²) in [5.74, 6) is 0.487. The minimum atomic E-state index is 0.107. The van der Waals surface area contributed by atoms with Crippen LogP contribution in [0.5, 0.6) is 0 Å². The summed E-state index contributed by atoms with van der Waals surface area (Å²) in [7, 11) is 1.85. The summed E-state index contributed by atoms with van der Waals surface area (Å²) in [5, 5.41) is 0.840. The molecule has 1 unspecified atom stereocenters. The molecule has 1 amide bonds. The van der Waals surface area contributed by atoms with Gasteiger partial charge < -0.3 is 9.64 Å². The number of benzene rings is 1. The molecule has 2 aromatic rings. The molecule has 1 aromatic carbocycles. The van der Waals surface area contributed by atoms with Gasteiger partial charge in [0.2, 0.25) is 5.91 Å². The van der Waals surface area contributed by atoms with Gasteiger partial charge in [0.1, 0.15) is 0 Å². The first kappa shape index (κ1) is 18.0. The van der Waals surface area contributed by atoms with Crippen molar-refractivity contribution in [3.8, 4) is 5.69 Å². The summed E-state index contributed by atoms with van der Waals surface area (Å²) in [6.45, 7) is 5.65. The summed E-state index contributed by atoms with van der Waals surface area (Å²) in [6, 6.07) is 6.36. The molecule has 0 N–H and O–H groups in total. The molecule has 0 saturated carbocycles. The van der Waals surface area contributed by atoms with Gasteiger partial charge in [0.15, 0.2) is 5.16 Å². The monoisotopic (exact) mass is 359 g/mol. The van der Waals surface area contributed by atoms with Crippen LogP contribution in [-0.2, 0) is 9.53 Å². The molecule has 25 heavy (non-hydrogen) atoms. The molecule has 1 aliphatic rings. The van der Waals surface area contributed by atoms with Gasteiger partial charge in [-0.15, -0.1) is 0 Å². The van der Waals surface area contributed by atoms with Gasteiger partial charge in [0.25, 0.3) is 0 Å². The van der Waals surface area contributed by atoms with Crippen LogP contribution in [0.15, 0.2) is 35.7 Å². The number of carbonyl (C=O) groups is 1. The second-order valence-electron chi connectivity index (χ2n) is 6.57. The van der Waals surface area contributed by atoms with Crippen LogP contribution in [0.2, 0.25) is 0 Å². The lowest BCUT2D eigenvalue weighted by atomic mass is 10.1. The molecule has 1 atom stereocenters. The van der Waals surface area contributed by atoms with E-state index in [1.54, 1.807) is 11.1 Å². The van der Waals surface area contributed by atoms with Crippen LogP contribution in [0, 0.1) is 13.8 Å². The van der Waals surface area contributed by atoms with E-state index in [1.807, 2.05) is 13.2 Å². The summed E-state index contributed by atoms with van der Waals surface area (Å²) in [5.41, 5.74) is 3.50. The fourth-order valence-electron chi connectivity index (χ4n) is 2.99. The fourth-order valence-corrected chi connectivity index (χ4v) is 3.90. The molecular formula is C19H25N3O2S. The number of hydrogen-bond acceptors (Lipinski definition) is 4. The zero-order chi connectivity index (χ0) is 17.8. The quantitative estimate of drug-likeness (QED) is 0.743. The number of rotatable bonds is 6. The molecule has 1 saturated heterocycles. The number of imidazole rings is 1. The molecule has 1 fully saturated rings. The van der Waals surface area contributed by atoms with Crippen molar-refractivity contribution in [2.24, 2.45) is 0 Å². The molecule has 1 aromatic heterocycles. The summed E-state index contributed by atoms with van der Waals surface area (Å²) in [4.78, 5) is 18.6. The molecule has 0 bridgehead atoms. The predicted molar refractivity (Wildman–Crippen MR) is 100 cm³/mol. The summed E-state index contributed by atoms with van der Waals surface area (Å²) >= 11 is 1.48. The Morgan fingerprint density at radius 1 is 1.44 bits per heavy atom. The van der Waals surface area contributed by atoms with Crippen LogP contribution in [0.4, 0.5) is 0 Å². The van der Waals surface area contributed by atoms with Crippen LogP contribution in [0.25, 0.3) is 5.69 Å². The van der Waals surface area contributed by atoms with E-state index >= 15 is 0 Å². The molecule has 5 nitrogen and oxygen atoms in total. The average molecular weight is 359 g/mol. The van der Waals surface area contributed by atoms with Gasteiger partial charge in [0, 0.05) is 32.6 Å². The third-order valence-corrected chi connectivity index (χ3v) is 5.43. The van der Waals surface area contributed by atoms with Gasteiger partial charge in [-0.1, -0.05) is 23.9 Å². The number of ether oxygens (including phenoxy) is 1. The first-order valence-electron chi connectivity index (χ1n) is 8.64. The van der Waals surface area contributed by atoms with Crippen molar-refractivity contribution in [3.05, 3.63) is 41.7 Å². The Morgan fingerprint density at radius 2 is 2.28 bits per heavy atom. The molecule has 134 valence electrons. The maximum atomic E-state index is 12.4. The minimum Gasteiger partial charge on any atom is -0.376 e. The summed E-state index contributed by atoms with van der Waals surface area (Å²) < 4.78 is 7.66. The Bertz CT molecular complexity index is 738. The van der Waals surface area contributed by atoms with Crippen molar-refractivity contribution in [1.29, 1.82) is 0 Å². The van der Waals surface area contributed by atoms with E-state index in [0.717, 1.165) is 30.3 Å². The number of hydrogen-bond donors (Lipinski definition) is 0. The van der Waals surface area contributed by atoms with E-state index in [4.69, 9.17) is 4.74 Å². The van der Waals surface area contributed by atoms with Crippen molar-refractivity contribution in [1.82, 2.24) is 14.5 Å². The lowest BCUT2D eigenvalue weighted by Crippen LogP contribution is -2.35. The Hall–Kier alpha value is -1.79. The first-order valence-corrected chi connectivity index (χ1v) is 9.62. The van der Waals surface area contributed by atoms with Gasteiger partial charge in [-0.25, -0.2) is 4.98 Å². The number of amides is 1. The molecule has 0 spiro atoms. The van der Waals surface area contributed by atoms with Gasteiger partial charge in [-0.3, -0.25) is 9.36 Å². The van der Waals surface area contributed by atoms with Crippen LogP contribution >= 0.6 is 11.8 Å². The predicted octanol–water partition coefficient (Wildman–Crippen LogP) is 3.22. The average Bonchev–Trinajstić information content (AvgIpc) is 3.26. The van der Waals surface area contributed by atoms with Crippen LogP contribution < -0.4 is 0 Å². The molecule has 2 heterocycles. The maximum Gasteiger partial charge on any atom is 0.232 e. The highest BCUT2D eigenvalue weighted by atomic mass is 32.2. The van der Waals surface area contributed by atoms with E-state index in [9.17, 15) is 4.79 Å². The number of carbonyl (C=O) groups excluding carboxylic acids is 1. The fraction of sp³-hybridized carbons (Fsp3) is 0.474. The van der Waals surface area contributed by atoms with Crippen LogP contribution in [0.1, 0.15) is 24.0 Å². The molecule has 6 heteroatoms.